The third kappa shape index (κ3) is 2.33. The molecule has 0 fully saturated rings. The second-order valence-corrected chi connectivity index (χ2v) is 4.44. The van der Waals surface area contributed by atoms with Crippen LogP contribution in [0.2, 0.25) is 0 Å². The zero-order valence-corrected chi connectivity index (χ0v) is 9.79. The smallest absolute Gasteiger partial charge is 0.0621 e. The lowest BCUT2D eigenvalue weighted by Crippen LogP contribution is -2.00. The highest BCUT2D eigenvalue weighted by Gasteiger charge is 2.11. The van der Waals surface area contributed by atoms with Gasteiger partial charge in [-0.1, -0.05) is 29.8 Å². The molecule has 1 aliphatic rings. The predicted octanol–water partition coefficient (Wildman–Crippen LogP) is 4.02. The molecule has 0 N–H and O–H groups in total. The second kappa shape index (κ2) is 4.99. The van der Waals surface area contributed by atoms with Crippen LogP contribution in [-0.2, 0) is 6.42 Å². The number of unbranched alkanes of at least 4 members (excludes halogenated alkanes) is 1. The number of benzene rings is 1. The Kier molecular flexibility index (Phi) is 3.41. The van der Waals surface area contributed by atoms with Gasteiger partial charge in [-0.2, -0.15) is 5.26 Å². The van der Waals surface area contributed by atoms with Crippen LogP contribution in [0.15, 0.2) is 24.3 Å². The maximum Gasteiger partial charge on any atom is 0.0621 e. The highest BCUT2D eigenvalue weighted by molar-refractivity contribution is 5.70. The van der Waals surface area contributed by atoms with E-state index in [4.69, 9.17) is 5.26 Å². The Labute approximate surface area is 97.4 Å². The first-order chi connectivity index (χ1) is 7.81. The van der Waals surface area contributed by atoms with E-state index in [0.29, 0.717) is 6.42 Å². The average Bonchev–Trinajstić information content (AvgIpc) is 2.30. The summed E-state index contributed by atoms with van der Waals surface area (Å²) in [5.41, 5.74) is 5.66. The lowest BCUT2D eigenvalue weighted by Gasteiger charge is -2.18. The molecule has 2 rings (SSSR count). The number of nitriles is 1. The van der Waals surface area contributed by atoms with Crippen molar-refractivity contribution in [1.82, 2.24) is 0 Å². The van der Waals surface area contributed by atoms with Crippen LogP contribution in [-0.4, -0.2) is 0 Å². The van der Waals surface area contributed by atoms with Crippen LogP contribution in [0.1, 0.15) is 42.4 Å². The number of fused-ring (bicyclic) bond motifs is 1. The van der Waals surface area contributed by atoms with Crippen molar-refractivity contribution in [3.63, 3.8) is 0 Å². The van der Waals surface area contributed by atoms with Gasteiger partial charge in [-0.05, 0) is 49.3 Å². The Morgan fingerprint density at radius 1 is 1.38 bits per heavy atom. The van der Waals surface area contributed by atoms with Gasteiger partial charge in [0.15, 0.2) is 0 Å². The quantitative estimate of drug-likeness (QED) is 0.693. The molecule has 82 valence electrons. The van der Waals surface area contributed by atoms with Crippen molar-refractivity contribution < 1.29 is 0 Å². The summed E-state index contributed by atoms with van der Waals surface area (Å²) in [4.78, 5) is 0. The van der Waals surface area contributed by atoms with E-state index in [1.807, 2.05) is 0 Å². The van der Waals surface area contributed by atoms with Gasteiger partial charge in [0, 0.05) is 6.42 Å². The summed E-state index contributed by atoms with van der Waals surface area (Å²) >= 11 is 0. The molecule has 0 saturated heterocycles. The molecule has 1 heteroatoms. The fourth-order valence-electron chi connectivity index (χ4n) is 2.31. The summed E-state index contributed by atoms with van der Waals surface area (Å²) in [6.07, 6.45) is 7.35. The van der Waals surface area contributed by atoms with Gasteiger partial charge in [-0.3, -0.25) is 0 Å². The fraction of sp³-hybridized carbons (Fsp3) is 0.400. The zero-order valence-electron chi connectivity index (χ0n) is 9.79. The van der Waals surface area contributed by atoms with Crippen LogP contribution in [0.3, 0.4) is 0 Å². The van der Waals surface area contributed by atoms with E-state index in [1.165, 1.54) is 22.3 Å². The number of hydrogen-bond donors (Lipinski definition) is 0. The van der Waals surface area contributed by atoms with Gasteiger partial charge in [0.2, 0.25) is 0 Å². The molecule has 1 aliphatic carbocycles. The van der Waals surface area contributed by atoms with Crippen LogP contribution < -0.4 is 0 Å². The summed E-state index contributed by atoms with van der Waals surface area (Å²) < 4.78 is 0. The summed E-state index contributed by atoms with van der Waals surface area (Å²) in [6.45, 7) is 2.14. The van der Waals surface area contributed by atoms with Gasteiger partial charge in [0.05, 0.1) is 6.07 Å². The lowest BCUT2D eigenvalue weighted by molar-refractivity contribution is 0.868. The largest absolute Gasteiger partial charge is 0.198 e. The van der Waals surface area contributed by atoms with Gasteiger partial charge in [0.1, 0.15) is 0 Å². The van der Waals surface area contributed by atoms with Crippen molar-refractivity contribution in [3.05, 3.63) is 41.0 Å². The van der Waals surface area contributed by atoms with Crippen molar-refractivity contribution in [3.8, 4) is 6.07 Å². The molecule has 0 atom stereocenters. The summed E-state index contributed by atoms with van der Waals surface area (Å²) in [5, 5.41) is 8.57. The number of rotatable bonds is 3. The molecule has 16 heavy (non-hydrogen) atoms. The third-order valence-corrected chi connectivity index (χ3v) is 3.15. The summed E-state index contributed by atoms with van der Waals surface area (Å²) in [5.74, 6) is 0. The maximum absolute atomic E-state index is 8.57. The molecular weight excluding hydrogens is 194 g/mol. The van der Waals surface area contributed by atoms with Crippen molar-refractivity contribution in [2.24, 2.45) is 0 Å². The van der Waals surface area contributed by atoms with Gasteiger partial charge in [-0.25, -0.2) is 0 Å². The first-order valence-electron chi connectivity index (χ1n) is 5.97. The second-order valence-electron chi connectivity index (χ2n) is 4.44. The molecule has 0 saturated carbocycles. The number of nitrogens with zero attached hydrogens (tertiary/aromatic N) is 1. The highest BCUT2D eigenvalue weighted by Crippen LogP contribution is 2.30. The van der Waals surface area contributed by atoms with Crippen LogP contribution in [0.25, 0.3) is 5.57 Å². The number of hydrogen-bond acceptors (Lipinski definition) is 1. The first kappa shape index (κ1) is 11.0. The lowest BCUT2D eigenvalue weighted by atomic mass is 9.87. The zero-order chi connectivity index (χ0) is 11.4. The van der Waals surface area contributed by atoms with Crippen molar-refractivity contribution >= 4 is 5.57 Å². The van der Waals surface area contributed by atoms with E-state index in [1.54, 1.807) is 0 Å². The standard InChI is InChI=1S/C15H17N/c1-12-8-9-14-7-4-6-13(15(14)11-12)5-2-3-10-16/h6,8-9,11H,2-5,7H2,1H3. The number of allylic oxidation sites excluding steroid dienone is 2. The Morgan fingerprint density at radius 2 is 2.25 bits per heavy atom. The minimum atomic E-state index is 0.665. The molecule has 0 unspecified atom stereocenters. The Morgan fingerprint density at radius 3 is 3.06 bits per heavy atom. The van der Waals surface area contributed by atoms with E-state index in [0.717, 1.165) is 25.7 Å². The monoisotopic (exact) mass is 211 g/mol. The van der Waals surface area contributed by atoms with E-state index in [-0.39, 0.29) is 0 Å². The van der Waals surface area contributed by atoms with E-state index in [2.05, 4.69) is 37.3 Å². The molecule has 0 heterocycles. The van der Waals surface area contributed by atoms with Gasteiger partial charge >= 0.3 is 0 Å². The minimum absolute atomic E-state index is 0.665. The van der Waals surface area contributed by atoms with Crippen LogP contribution in [0.4, 0.5) is 0 Å². The molecule has 0 aromatic heterocycles. The molecule has 0 radical (unpaired) electrons. The van der Waals surface area contributed by atoms with Crippen LogP contribution in [0, 0.1) is 18.3 Å². The molecular formula is C15H17N. The molecule has 0 bridgehead atoms. The van der Waals surface area contributed by atoms with Crippen LogP contribution >= 0.6 is 0 Å². The van der Waals surface area contributed by atoms with Gasteiger partial charge < -0.3 is 0 Å². The molecule has 1 nitrogen and oxygen atoms in total. The van der Waals surface area contributed by atoms with E-state index >= 15 is 0 Å². The summed E-state index contributed by atoms with van der Waals surface area (Å²) in [6, 6.07) is 8.94. The SMILES string of the molecule is Cc1ccc2c(c1)C(CCCC#N)=CCC2. The normalized spacial score (nSPS) is 13.9. The van der Waals surface area contributed by atoms with Gasteiger partial charge in [0.25, 0.3) is 0 Å². The van der Waals surface area contributed by atoms with Crippen molar-refractivity contribution in [1.29, 1.82) is 5.26 Å². The van der Waals surface area contributed by atoms with E-state index in [9.17, 15) is 0 Å². The third-order valence-electron chi connectivity index (χ3n) is 3.15. The highest BCUT2D eigenvalue weighted by atomic mass is 14.2. The minimum Gasteiger partial charge on any atom is -0.198 e. The molecule has 0 amide bonds. The van der Waals surface area contributed by atoms with Crippen LogP contribution in [0.5, 0.6) is 0 Å². The van der Waals surface area contributed by atoms with Gasteiger partial charge in [-0.15, -0.1) is 0 Å². The molecule has 0 aliphatic heterocycles. The number of aryl methyl sites for hydroxylation is 2. The summed E-state index contributed by atoms with van der Waals surface area (Å²) in [7, 11) is 0. The topological polar surface area (TPSA) is 23.8 Å². The predicted molar refractivity (Wildman–Crippen MR) is 66.9 cm³/mol. The Bertz CT molecular complexity index is 449. The Balaban J connectivity index is 2.19. The van der Waals surface area contributed by atoms with Crippen molar-refractivity contribution in [2.45, 2.75) is 39.0 Å². The molecule has 1 aromatic carbocycles. The van der Waals surface area contributed by atoms with Crippen molar-refractivity contribution in [2.75, 3.05) is 0 Å². The molecule has 0 spiro atoms. The fourth-order valence-corrected chi connectivity index (χ4v) is 2.31. The average molecular weight is 211 g/mol. The Hall–Kier alpha value is -1.55. The molecule has 1 aromatic rings. The maximum atomic E-state index is 8.57. The first-order valence-corrected chi connectivity index (χ1v) is 5.97. The van der Waals surface area contributed by atoms with E-state index < -0.39 is 0 Å².